The molecule has 2 amide bonds. The molecule has 21 heavy (non-hydrogen) atoms. The van der Waals surface area contributed by atoms with E-state index >= 15 is 0 Å². The number of nitrogens with zero attached hydrogens (tertiary/aromatic N) is 1. The summed E-state index contributed by atoms with van der Waals surface area (Å²) in [5.41, 5.74) is 2.94. The summed E-state index contributed by atoms with van der Waals surface area (Å²) >= 11 is 0. The van der Waals surface area contributed by atoms with Crippen LogP contribution in [0.25, 0.3) is 0 Å². The van der Waals surface area contributed by atoms with Gasteiger partial charge in [0.05, 0.1) is 0 Å². The van der Waals surface area contributed by atoms with Gasteiger partial charge in [0.25, 0.3) is 0 Å². The van der Waals surface area contributed by atoms with E-state index in [4.69, 9.17) is 0 Å². The Bertz CT molecular complexity index is 521. The molecule has 0 aliphatic carbocycles. The van der Waals surface area contributed by atoms with Gasteiger partial charge in [-0.1, -0.05) is 25.1 Å². The van der Waals surface area contributed by atoms with Gasteiger partial charge in [0.2, 0.25) is 0 Å². The number of amides is 2. The molecule has 2 N–H and O–H groups in total. The Balaban J connectivity index is 1.65. The smallest absolute Gasteiger partial charge is 0.317 e. The summed E-state index contributed by atoms with van der Waals surface area (Å²) in [6.07, 6.45) is 3.07. The summed E-state index contributed by atoms with van der Waals surface area (Å²) in [7, 11) is 0. The van der Waals surface area contributed by atoms with Crippen LogP contribution in [0.5, 0.6) is 0 Å². The van der Waals surface area contributed by atoms with E-state index in [1.54, 1.807) is 0 Å². The van der Waals surface area contributed by atoms with Crippen LogP contribution in [-0.4, -0.2) is 36.6 Å². The summed E-state index contributed by atoms with van der Waals surface area (Å²) in [6, 6.07) is 8.95. The molecule has 1 saturated heterocycles. The van der Waals surface area contributed by atoms with E-state index in [1.165, 1.54) is 11.3 Å². The zero-order valence-electron chi connectivity index (χ0n) is 13.0. The topological polar surface area (TPSA) is 44.4 Å². The molecular formula is C17H25N3O. The molecule has 4 nitrogen and oxygen atoms in total. The van der Waals surface area contributed by atoms with Crippen molar-refractivity contribution >= 4 is 11.7 Å². The number of rotatable bonds is 2. The lowest BCUT2D eigenvalue weighted by Gasteiger charge is -2.39. The summed E-state index contributed by atoms with van der Waals surface area (Å²) in [6.45, 7) is 6.85. The number of hydrogen-bond donors (Lipinski definition) is 2. The zero-order chi connectivity index (χ0) is 14.9. The molecule has 2 aliphatic heterocycles. The fourth-order valence-corrected chi connectivity index (χ4v) is 3.45. The Kier molecular flexibility index (Phi) is 3.79. The molecule has 1 aromatic carbocycles. The number of fused-ring (bicyclic) bond motifs is 2. The van der Waals surface area contributed by atoms with Gasteiger partial charge >= 0.3 is 6.03 Å². The van der Waals surface area contributed by atoms with Gasteiger partial charge in [0.1, 0.15) is 0 Å². The lowest BCUT2D eigenvalue weighted by Crippen LogP contribution is -2.50. The molecule has 0 radical (unpaired) electrons. The Hall–Kier alpha value is -1.71. The van der Waals surface area contributed by atoms with Gasteiger partial charge in [0.15, 0.2) is 0 Å². The molecule has 0 saturated carbocycles. The Morgan fingerprint density at radius 2 is 2.10 bits per heavy atom. The summed E-state index contributed by atoms with van der Waals surface area (Å²) in [5.74, 6) is 0. The Labute approximate surface area is 126 Å². The quantitative estimate of drug-likeness (QED) is 0.878. The fraction of sp³-hybridized carbons (Fsp3) is 0.588. The number of benzene rings is 1. The molecule has 2 aliphatic rings. The molecule has 1 unspecified atom stereocenters. The van der Waals surface area contributed by atoms with E-state index in [1.807, 2.05) is 4.90 Å². The number of piperidine rings is 1. The zero-order valence-corrected chi connectivity index (χ0v) is 13.0. The van der Waals surface area contributed by atoms with Crippen molar-refractivity contribution in [2.45, 2.75) is 44.6 Å². The number of urea groups is 1. The fourth-order valence-electron chi connectivity index (χ4n) is 3.45. The van der Waals surface area contributed by atoms with Crippen molar-refractivity contribution in [1.82, 2.24) is 10.2 Å². The molecule has 0 bridgehead atoms. The van der Waals surface area contributed by atoms with Crippen LogP contribution < -0.4 is 10.6 Å². The first-order chi connectivity index (χ1) is 10.1. The first-order valence-corrected chi connectivity index (χ1v) is 8.03. The predicted molar refractivity (Wildman–Crippen MR) is 85.7 cm³/mol. The second kappa shape index (κ2) is 5.58. The van der Waals surface area contributed by atoms with Crippen LogP contribution in [-0.2, 0) is 5.41 Å². The average molecular weight is 287 g/mol. The predicted octanol–water partition coefficient (Wildman–Crippen LogP) is 2.95. The van der Waals surface area contributed by atoms with Crippen LogP contribution in [0.1, 0.15) is 38.7 Å². The molecule has 2 heterocycles. The van der Waals surface area contributed by atoms with Gasteiger partial charge in [0, 0.05) is 36.8 Å². The maximum Gasteiger partial charge on any atom is 0.317 e. The van der Waals surface area contributed by atoms with Crippen molar-refractivity contribution < 1.29 is 4.79 Å². The van der Waals surface area contributed by atoms with Crippen LogP contribution in [0.15, 0.2) is 24.3 Å². The number of likely N-dealkylation sites (tertiary alicyclic amines) is 1. The summed E-state index contributed by atoms with van der Waals surface area (Å²) < 4.78 is 0. The number of para-hydroxylation sites is 1. The second-order valence-corrected chi connectivity index (χ2v) is 6.43. The molecule has 0 aromatic heterocycles. The first-order valence-electron chi connectivity index (χ1n) is 8.03. The number of anilines is 1. The largest absolute Gasteiger partial charge is 0.384 e. The van der Waals surface area contributed by atoms with Gasteiger partial charge < -0.3 is 15.5 Å². The third kappa shape index (κ3) is 2.59. The molecule has 1 atom stereocenters. The van der Waals surface area contributed by atoms with E-state index in [0.29, 0.717) is 0 Å². The normalized spacial score (nSPS) is 20.8. The third-order valence-corrected chi connectivity index (χ3v) is 5.11. The van der Waals surface area contributed by atoms with Crippen LogP contribution in [0.4, 0.5) is 10.5 Å². The number of carbonyl (C=O) groups is 1. The Morgan fingerprint density at radius 1 is 1.38 bits per heavy atom. The molecule has 1 fully saturated rings. The number of nitrogens with one attached hydrogen (secondary N) is 2. The Morgan fingerprint density at radius 3 is 2.81 bits per heavy atom. The van der Waals surface area contributed by atoms with Crippen molar-refractivity contribution in [3.8, 4) is 0 Å². The van der Waals surface area contributed by atoms with Crippen LogP contribution in [0.3, 0.4) is 0 Å². The van der Waals surface area contributed by atoms with Crippen molar-refractivity contribution in [2.75, 3.05) is 25.0 Å². The van der Waals surface area contributed by atoms with Gasteiger partial charge in [-0.3, -0.25) is 0 Å². The molecule has 114 valence electrons. The summed E-state index contributed by atoms with van der Waals surface area (Å²) in [4.78, 5) is 14.2. The van der Waals surface area contributed by atoms with Crippen molar-refractivity contribution in [2.24, 2.45) is 0 Å². The van der Waals surface area contributed by atoms with Gasteiger partial charge in [-0.2, -0.15) is 0 Å². The van der Waals surface area contributed by atoms with Crippen molar-refractivity contribution in [3.63, 3.8) is 0 Å². The van der Waals surface area contributed by atoms with Crippen LogP contribution in [0, 0.1) is 0 Å². The minimum Gasteiger partial charge on any atom is -0.384 e. The maximum absolute atomic E-state index is 12.2. The lowest BCUT2D eigenvalue weighted by atomic mass is 9.74. The lowest BCUT2D eigenvalue weighted by molar-refractivity contribution is 0.160. The highest BCUT2D eigenvalue weighted by Gasteiger charge is 2.41. The highest BCUT2D eigenvalue weighted by molar-refractivity contribution is 5.74. The van der Waals surface area contributed by atoms with Gasteiger partial charge in [-0.25, -0.2) is 4.79 Å². The minimum absolute atomic E-state index is 0.0958. The monoisotopic (exact) mass is 287 g/mol. The minimum atomic E-state index is 0.0958. The molecule has 3 rings (SSSR count). The maximum atomic E-state index is 12.2. The highest BCUT2D eigenvalue weighted by atomic mass is 16.2. The standard InChI is InChI=1S/C17H25N3O/c1-3-13(2)19-16(21)20-10-8-17(9-11-20)12-18-15-7-5-4-6-14(15)17/h4-7,13,18H,3,8-12H2,1-2H3,(H,19,21). The van der Waals surface area contributed by atoms with E-state index < -0.39 is 0 Å². The second-order valence-electron chi connectivity index (χ2n) is 6.43. The van der Waals surface area contributed by atoms with Crippen molar-refractivity contribution in [3.05, 3.63) is 29.8 Å². The van der Waals surface area contributed by atoms with E-state index in [-0.39, 0.29) is 17.5 Å². The van der Waals surface area contributed by atoms with Crippen LogP contribution in [0.2, 0.25) is 0 Å². The molecule has 1 spiro atoms. The van der Waals surface area contributed by atoms with Gasteiger partial charge in [-0.15, -0.1) is 0 Å². The molecule has 4 heteroatoms. The summed E-state index contributed by atoms with van der Waals surface area (Å²) in [5, 5.41) is 6.60. The average Bonchev–Trinajstić information content (AvgIpc) is 2.87. The first kappa shape index (κ1) is 14.2. The van der Waals surface area contributed by atoms with E-state index in [0.717, 1.165) is 38.9 Å². The van der Waals surface area contributed by atoms with E-state index in [2.05, 4.69) is 48.7 Å². The molecule has 1 aromatic rings. The third-order valence-electron chi connectivity index (χ3n) is 5.11. The highest BCUT2D eigenvalue weighted by Crippen LogP contribution is 2.43. The van der Waals surface area contributed by atoms with Crippen molar-refractivity contribution in [1.29, 1.82) is 0 Å². The van der Waals surface area contributed by atoms with Crippen LogP contribution >= 0.6 is 0 Å². The number of carbonyl (C=O) groups excluding carboxylic acids is 1. The SMILES string of the molecule is CCC(C)NC(=O)N1CCC2(CC1)CNc1ccccc12. The van der Waals surface area contributed by atoms with Gasteiger partial charge in [-0.05, 0) is 37.8 Å². The molecular weight excluding hydrogens is 262 g/mol. The number of hydrogen-bond acceptors (Lipinski definition) is 2. The van der Waals surface area contributed by atoms with E-state index in [9.17, 15) is 4.79 Å².